The van der Waals surface area contributed by atoms with E-state index in [9.17, 15) is 4.79 Å². The summed E-state index contributed by atoms with van der Waals surface area (Å²) in [5.41, 5.74) is 1.05. The highest BCUT2D eigenvalue weighted by Gasteiger charge is 2.07. The van der Waals surface area contributed by atoms with Gasteiger partial charge in [-0.1, -0.05) is 30.3 Å². The van der Waals surface area contributed by atoms with Crippen LogP contribution in [0.25, 0.3) is 0 Å². The second-order valence-corrected chi connectivity index (χ2v) is 4.58. The molecule has 0 bridgehead atoms. The Bertz CT molecular complexity index is 492. The first-order valence-corrected chi connectivity index (χ1v) is 7.04. The summed E-state index contributed by atoms with van der Waals surface area (Å²) in [6.07, 6.45) is 4.02. The van der Waals surface area contributed by atoms with Crippen LogP contribution < -0.4 is 10.6 Å². The van der Waals surface area contributed by atoms with Crippen molar-refractivity contribution in [2.75, 3.05) is 13.2 Å². The molecular weight excluding hydrogens is 266 g/mol. The van der Waals surface area contributed by atoms with E-state index >= 15 is 0 Å². The van der Waals surface area contributed by atoms with E-state index in [4.69, 9.17) is 10.4 Å². The van der Waals surface area contributed by atoms with Crippen LogP contribution in [-0.2, 0) is 11.3 Å². The monoisotopic (exact) mass is 287 g/mol. The van der Waals surface area contributed by atoms with Gasteiger partial charge in [0.25, 0.3) is 5.91 Å². The number of carbonyl (C=O) groups excluding carboxylic acids is 1. The maximum absolute atomic E-state index is 11.8. The fourth-order valence-electron chi connectivity index (χ4n) is 1.71. The summed E-state index contributed by atoms with van der Waals surface area (Å²) in [5, 5.41) is 23.3. The Balaban J connectivity index is 2.33. The van der Waals surface area contributed by atoms with E-state index in [1.54, 1.807) is 0 Å². The first-order valence-electron chi connectivity index (χ1n) is 7.04. The minimum Gasteiger partial charge on any atom is -0.396 e. The lowest BCUT2D eigenvalue weighted by molar-refractivity contribution is -0.117. The third-order valence-corrected chi connectivity index (χ3v) is 2.89. The van der Waals surface area contributed by atoms with Crippen LogP contribution in [0.1, 0.15) is 24.8 Å². The van der Waals surface area contributed by atoms with Crippen molar-refractivity contribution >= 4 is 5.91 Å². The molecule has 0 heterocycles. The Labute approximate surface area is 125 Å². The normalized spacial score (nSPS) is 10.8. The molecule has 0 aliphatic rings. The van der Waals surface area contributed by atoms with Crippen LogP contribution in [0.3, 0.4) is 0 Å². The van der Waals surface area contributed by atoms with Crippen molar-refractivity contribution in [3.8, 4) is 6.07 Å². The minimum absolute atomic E-state index is 0.0630. The third kappa shape index (κ3) is 7.14. The van der Waals surface area contributed by atoms with Crippen LogP contribution >= 0.6 is 0 Å². The number of hydrogen-bond acceptors (Lipinski definition) is 4. The number of nitrogens with one attached hydrogen (secondary N) is 2. The Morgan fingerprint density at radius 2 is 2.00 bits per heavy atom. The Hall–Kier alpha value is -2.32. The number of aliphatic hydroxyl groups is 1. The number of amides is 1. The first kappa shape index (κ1) is 16.7. The molecule has 0 saturated carbocycles. The van der Waals surface area contributed by atoms with Gasteiger partial charge in [-0.05, 0) is 24.8 Å². The second-order valence-electron chi connectivity index (χ2n) is 4.58. The molecule has 0 saturated heterocycles. The average molecular weight is 287 g/mol. The quantitative estimate of drug-likeness (QED) is 0.365. The second kappa shape index (κ2) is 10.5. The molecule has 0 radical (unpaired) electrons. The lowest BCUT2D eigenvalue weighted by Crippen LogP contribution is -2.25. The molecule has 112 valence electrons. The van der Waals surface area contributed by atoms with Crippen LogP contribution in [0.5, 0.6) is 0 Å². The summed E-state index contributed by atoms with van der Waals surface area (Å²) in [6.45, 7) is 1.27. The molecule has 1 rings (SSSR count). The van der Waals surface area contributed by atoms with Gasteiger partial charge in [0.2, 0.25) is 0 Å². The summed E-state index contributed by atoms with van der Waals surface area (Å²) in [7, 11) is 0. The number of rotatable bonds is 9. The SMILES string of the molecule is N#C/C(=C/NCCCCCO)C(=O)NCc1ccccc1. The fourth-order valence-corrected chi connectivity index (χ4v) is 1.71. The zero-order chi connectivity index (χ0) is 15.3. The summed E-state index contributed by atoms with van der Waals surface area (Å²) >= 11 is 0. The maximum atomic E-state index is 11.8. The van der Waals surface area contributed by atoms with Gasteiger partial charge in [0, 0.05) is 25.9 Å². The Morgan fingerprint density at radius 3 is 2.67 bits per heavy atom. The molecule has 0 fully saturated rings. The van der Waals surface area contributed by atoms with Gasteiger partial charge < -0.3 is 15.7 Å². The topological polar surface area (TPSA) is 85.2 Å². The molecule has 1 aromatic carbocycles. The molecule has 0 aliphatic carbocycles. The van der Waals surface area contributed by atoms with E-state index in [1.165, 1.54) is 6.20 Å². The van der Waals surface area contributed by atoms with Gasteiger partial charge in [-0.15, -0.1) is 0 Å². The van der Waals surface area contributed by atoms with Gasteiger partial charge in [0.05, 0.1) is 0 Å². The van der Waals surface area contributed by atoms with E-state index in [1.807, 2.05) is 36.4 Å². The van der Waals surface area contributed by atoms with E-state index in [2.05, 4.69) is 10.6 Å². The fraction of sp³-hybridized carbons (Fsp3) is 0.375. The van der Waals surface area contributed by atoms with Crippen molar-refractivity contribution in [1.82, 2.24) is 10.6 Å². The average Bonchev–Trinajstić information content (AvgIpc) is 2.53. The first-order chi connectivity index (χ1) is 10.3. The van der Waals surface area contributed by atoms with Crippen molar-refractivity contribution in [2.45, 2.75) is 25.8 Å². The number of unbranched alkanes of at least 4 members (excludes halogenated alkanes) is 2. The van der Waals surface area contributed by atoms with E-state index in [-0.39, 0.29) is 18.1 Å². The highest BCUT2D eigenvalue weighted by molar-refractivity contribution is 5.97. The molecule has 0 spiro atoms. The third-order valence-electron chi connectivity index (χ3n) is 2.89. The van der Waals surface area contributed by atoms with Crippen LogP contribution in [0.15, 0.2) is 42.1 Å². The van der Waals surface area contributed by atoms with Crippen molar-refractivity contribution < 1.29 is 9.90 Å². The summed E-state index contributed by atoms with van der Waals surface area (Å²) in [4.78, 5) is 11.8. The maximum Gasteiger partial charge on any atom is 0.263 e. The minimum atomic E-state index is -0.385. The highest BCUT2D eigenvalue weighted by atomic mass is 16.2. The molecule has 5 heteroatoms. The number of carbonyl (C=O) groups is 1. The molecule has 3 N–H and O–H groups in total. The standard InChI is InChI=1S/C16H21N3O2/c17-11-15(13-18-9-5-2-6-10-20)16(21)19-12-14-7-3-1-4-8-14/h1,3-4,7-8,13,18,20H,2,5-6,9-10,12H2,(H,19,21)/b15-13-. The predicted molar refractivity (Wildman–Crippen MR) is 80.9 cm³/mol. The van der Waals surface area contributed by atoms with Gasteiger partial charge >= 0.3 is 0 Å². The van der Waals surface area contributed by atoms with Gasteiger partial charge in [-0.25, -0.2) is 0 Å². The zero-order valence-electron chi connectivity index (χ0n) is 12.0. The zero-order valence-corrected chi connectivity index (χ0v) is 12.0. The van der Waals surface area contributed by atoms with E-state index in [0.717, 1.165) is 24.8 Å². The van der Waals surface area contributed by atoms with Gasteiger partial charge in [-0.3, -0.25) is 4.79 Å². The molecule has 1 amide bonds. The molecule has 0 unspecified atom stereocenters. The number of benzene rings is 1. The number of nitriles is 1. The molecule has 21 heavy (non-hydrogen) atoms. The van der Waals surface area contributed by atoms with Crippen molar-refractivity contribution in [3.63, 3.8) is 0 Å². The van der Waals surface area contributed by atoms with Crippen molar-refractivity contribution in [3.05, 3.63) is 47.7 Å². The number of nitrogens with zero attached hydrogens (tertiary/aromatic N) is 1. The van der Waals surface area contributed by atoms with Crippen molar-refractivity contribution in [2.24, 2.45) is 0 Å². The molecule has 0 aliphatic heterocycles. The van der Waals surface area contributed by atoms with Crippen LogP contribution in [0.2, 0.25) is 0 Å². The predicted octanol–water partition coefficient (Wildman–Crippen LogP) is 1.46. The van der Waals surface area contributed by atoms with Crippen molar-refractivity contribution in [1.29, 1.82) is 5.26 Å². The van der Waals surface area contributed by atoms with Gasteiger partial charge in [0.15, 0.2) is 0 Å². The number of hydrogen-bond donors (Lipinski definition) is 3. The smallest absolute Gasteiger partial charge is 0.263 e. The summed E-state index contributed by atoms with van der Waals surface area (Å²) in [6, 6.07) is 11.4. The lowest BCUT2D eigenvalue weighted by Gasteiger charge is -2.05. The lowest BCUT2D eigenvalue weighted by atomic mass is 10.2. The van der Waals surface area contributed by atoms with Gasteiger partial charge in [-0.2, -0.15) is 5.26 Å². The molecule has 0 atom stereocenters. The highest BCUT2D eigenvalue weighted by Crippen LogP contribution is 1.99. The molecule has 1 aromatic rings. The van der Waals surface area contributed by atoms with Crippen LogP contribution in [0.4, 0.5) is 0 Å². The Morgan fingerprint density at radius 1 is 1.24 bits per heavy atom. The summed E-state index contributed by atoms with van der Waals surface area (Å²) in [5.74, 6) is -0.385. The molecular formula is C16H21N3O2. The molecule has 0 aromatic heterocycles. The molecule has 5 nitrogen and oxygen atoms in total. The Kier molecular flexibility index (Phi) is 8.34. The van der Waals surface area contributed by atoms with Gasteiger partial charge in [0.1, 0.15) is 11.6 Å². The van der Waals surface area contributed by atoms with E-state index in [0.29, 0.717) is 13.1 Å². The van der Waals surface area contributed by atoms with Crippen LogP contribution in [-0.4, -0.2) is 24.2 Å². The summed E-state index contributed by atoms with van der Waals surface area (Å²) < 4.78 is 0. The largest absolute Gasteiger partial charge is 0.396 e. The van der Waals surface area contributed by atoms with E-state index < -0.39 is 0 Å². The van der Waals surface area contributed by atoms with Crippen LogP contribution in [0, 0.1) is 11.3 Å². The number of aliphatic hydroxyl groups excluding tert-OH is 1.